The van der Waals surface area contributed by atoms with Crippen LogP contribution in [-0.4, -0.2) is 199 Å². The highest BCUT2D eigenvalue weighted by Gasteiger charge is 2.55. The number of rotatable bonds is 18. The van der Waals surface area contributed by atoms with Crippen molar-refractivity contribution >= 4 is 46.4 Å². The Hall–Kier alpha value is -3.78. The summed E-state index contributed by atoms with van der Waals surface area (Å²) in [5.41, 5.74) is -4.84. The van der Waals surface area contributed by atoms with Crippen molar-refractivity contribution in [2.24, 2.45) is 23.7 Å². The summed E-state index contributed by atoms with van der Waals surface area (Å²) in [6.45, 7) is 17.8. The second-order valence-electron chi connectivity index (χ2n) is 22.5. The Labute approximate surface area is 457 Å². The number of carbonyl (C=O) groups excluding carboxylic acids is 3. The summed E-state index contributed by atoms with van der Waals surface area (Å²) in [7, 11) is 10.2. The fourth-order valence-corrected chi connectivity index (χ4v) is 12.3. The first-order valence-corrected chi connectivity index (χ1v) is 27.8. The summed E-state index contributed by atoms with van der Waals surface area (Å²) < 4.78 is 52.9. The number of aliphatic hydroxyl groups is 3. The van der Waals surface area contributed by atoms with Crippen LogP contribution in [0.1, 0.15) is 112 Å². The van der Waals surface area contributed by atoms with E-state index in [2.05, 4.69) is 5.32 Å². The first-order chi connectivity index (χ1) is 36.0. The third-order valence-corrected chi connectivity index (χ3v) is 17.2. The van der Waals surface area contributed by atoms with Crippen LogP contribution in [0.25, 0.3) is 10.9 Å². The third kappa shape index (κ3) is 14.6. The summed E-state index contributed by atoms with van der Waals surface area (Å²) in [4.78, 5) is 69.8. The van der Waals surface area contributed by atoms with Crippen molar-refractivity contribution in [3.63, 3.8) is 0 Å². The van der Waals surface area contributed by atoms with Gasteiger partial charge in [-0.15, -0.1) is 11.8 Å². The summed E-state index contributed by atoms with van der Waals surface area (Å²) >= 11 is 1.47. The van der Waals surface area contributed by atoms with Crippen LogP contribution in [0.15, 0.2) is 34.1 Å². The number of aromatic nitrogens is 1. The Kier molecular flexibility index (Phi) is 22.2. The molecule has 21 nitrogen and oxygen atoms in total. The molecule has 3 saturated heterocycles. The SMILES string of the molecule is CC[C@H]1OC(=O)[C@H](C)[C@@H](O[C@H]2C[C@@](C)(OC)[C@@H](OC(=O)CCNCCSc3ccc4c(c3)c(=O)c(C(=O)O)cn4N(C)C)[C@H](C)O2)[C@H](C)[C@@H](O[C@@H]2O[C@H](C)C[C@H](N(C)C)[C@H]2O)[C@](C)(OC)C[C@@H](C)C(=O)[C@H](C)[C@@H](O)[C@]1(C)O. The van der Waals surface area contributed by atoms with Gasteiger partial charge in [0, 0.05) is 93.9 Å². The molecule has 4 heterocycles. The van der Waals surface area contributed by atoms with Crippen molar-refractivity contribution in [1.82, 2.24) is 14.9 Å². The number of ketones is 1. The minimum atomic E-state index is -2.03. The number of carboxylic acids is 1. The number of aromatic carboxylic acids is 1. The van der Waals surface area contributed by atoms with E-state index in [0.717, 1.165) is 4.90 Å². The first kappa shape index (κ1) is 64.0. The van der Waals surface area contributed by atoms with Crippen molar-refractivity contribution in [3.05, 3.63) is 40.2 Å². The predicted molar refractivity (Wildman–Crippen MR) is 288 cm³/mol. The van der Waals surface area contributed by atoms with Gasteiger partial charge in [-0.3, -0.25) is 23.9 Å². The van der Waals surface area contributed by atoms with E-state index in [0.29, 0.717) is 24.2 Å². The van der Waals surface area contributed by atoms with E-state index >= 15 is 0 Å². The summed E-state index contributed by atoms with van der Waals surface area (Å²) in [5, 5.41) is 50.1. The van der Waals surface area contributed by atoms with Gasteiger partial charge in [0.05, 0.1) is 54.0 Å². The largest absolute Gasteiger partial charge is 0.477 e. The second kappa shape index (κ2) is 26.7. The maximum Gasteiger partial charge on any atom is 0.341 e. The molecule has 1 aromatic carbocycles. The van der Waals surface area contributed by atoms with Crippen molar-refractivity contribution in [3.8, 4) is 0 Å². The Bertz CT molecular complexity index is 2410. The summed E-state index contributed by atoms with van der Waals surface area (Å²) in [6, 6.07) is 5.00. The Morgan fingerprint density at radius 2 is 1.55 bits per heavy atom. The number of thioether (sulfide) groups is 1. The molecule has 77 heavy (non-hydrogen) atoms. The molecule has 1 aromatic heterocycles. The van der Waals surface area contributed by atoms with Crippen molar-refractivity contribution in [2.45, 2.75) is 190 Å². The van der Waals surface area contributed by atoms with Crippen LogP contribution in [0.2, 0.25) is 0 Å². The molecule has 0 aliphatic carbocycles. The van der Waals surface area contributed by atoms with E-state index in [1.54, 1.807) is 77.5 Å². The number of carboxylic acid groups (broad SMARTS) is 1. The molecule has 0 bridgehead atoms. The number of likely N-dealkylation sites (N-methyl/N-ethyl adjacent to an activating group) is 1. The maximum absolute atomic E-state index is 14.6. The number of pyridine rings is 1. The molecule has 3 aliphatic rings. The van der Waals surface area contributed by atoms with Crippen LogP contribution in [-0.2, 0) is 52.3 Å². The lowest BCUT2D eigenvalue weighted by Crippen LogP contribution is -2.61. The number of carbonyl (C=O) groups is 4. The van der Waals surface area contributed by atoms with Crippen LogP contribution in [0.3, 0.4) is 0 Å². The monoisotopic (exact) mass is 1110 g/mol. The van der Waals surface area contributed by atoms with Gasteiger partial charge in [0.2, 0.25) is 5.43 Å². The van der Waals surface area contributed by atoms with E-state index in [1.807, 2.05) is 38.9 Å². The quantitative estimate of drug-likeness (QED) is 0.0803. The van der Waals surface area contributed by atoms with Gasteiger partial charge in [0.25, 0.3) is 0 Å². The molecule has 0 amide bonds. The van der Waals surface area contributed by atoms with Gasteiger partial charge < -0.3 is 73.5 Å². The molecule has 3 aliphatic heterocycles. The number of hydrogen-bond acceptors (Lipinski definition) is 20. The minimum Gasteiger partial charge on any atom is -0.477 e. The van der Waals surface area contributed by atoms with Crippen LogP contribution < -0.4 is 15.8 Å². The number of nitrogens with one attached hydrogen (secondary N) is 1. The number of nitrogens with zero attached hydrogens (tertiary/aromatic N) is 3. The number of ether oxygens (including phenoxy) is 8. The van der Waals surface area contributed by atoms with E-state index in [4.69, 9.17) is 37.9 Å². The van der Waals surface area contributed by atoms with Gasteiger partial charge in [0.1, 0.15) is 34.8 Å². The highest BCUT2D eigenvalue weighted by Crippen LogP contribution is 2.42. The zero-order valence-corrected chi connectivity index (χ0v) is 48.8. The lowest BCUT2D eigenvalue weighted by molar-refractivity contribution is -0.320. The summed E-state index contributed by atoms with van der Waals surface area (Å²) in [6.07, 6.45) is -8.32. The fourth-order valence-electron chi connectivity index (χ4n) is 11.4. The van der Waals surface area contributed by atoms with Gasteiger partial charge in [-0.25, -0.2) is 4.79 Å². The maximum atomic E-state index is 14.6. The topological polar surface area (TPSA) is 264 Å². The number of esters is 2. The molecule has 0 saturated carbocycles. The predicted octanol–water partition coefficient (Wildman–Crippen LogP) is 3.97. The number of methoxy groups -OCH3 is 2. The molecule has 5 rings (SSSR count). The summed E-state index contributed by atoms with van der Waals surface area (Å²) in [5.74, 6) is -6.08. The lowest BCUT2D eigenvalue weighted by atomic mass is 9.74. The molecule has 22 heteroatoms. The van der Waals surface area contributed by atoms with Crippen LogP contribution in [0, 0.1) is 23.7 Å². The molecule has 436 valence electrons. The molecule has 18 atom stereocenters. The molecule has 3 fully saturated rings. The van der Waals surface area contributed by atoms with E-state index in [-0.39, 0.29) is 61.1 Å². The van der Waals surface area contributed by atoms with E-state index in [1.165, 1.54) is 46.0 Å². The van der Waals surface area contributed by atoms with Gasteiger partial charge in [-0.05, 0) is 93.1 Å². The Morgan fingerprint density at radius 1 is 0.896 bits per heavy atom. The van der Waals surface area contributed by atoms with Crippen molar-refractivity contribution in [2.75, 3.05) is 66.3 Å². The molecule has 2 aromatic rings. The Balaban J connectivity index is 1.35. The first-order valence-electron chi connectivity index (χ1n) is 26.8. The molecule has 0 unspecified atom stereocenters. The van der Waals surface area contributed by atoms with E-state index < -0.39 is 119 Å². The number of aliphatic hydroxyl groups excluding tert-OH is 2. The Morgan fingerprint density at radius 3 is 2.14 bits per heavy atom. The van der Waals surface area contributed by atoms with Crippen molar-refractivity contribution in [1.29, 1.82) is 0 Å². The number of Topliss-reactive ketones (excluding diaryl/α,β-unsaturated/α-hetero) is 1. The normalized spacial score (nSPS) is 36.8. The minimum absolute atomic E-state index is 0.0176. The average molecular weight is 1110 g/mol. The van der Waals surface area contributed by atoms with Gasteiger partial charge in [-0.1, -0.05) is 27.7 Å². The smallest absolute Gasteiger partial charge is 0.341 e. The molecule has 0 radical (unpaired) electrons. The zero-order chi connectivity index (χ0) is 57.6. The standard InChI is InChI=1S/C55H88N4O17S/c1-17-40-55(10,68)47(64)31(4)43(61)29(2)26-53(8,69-15)48(76-52-45(63)39(57(11)12)24-30(3)71-52)32(5)46(33(6)51(67)73-40)75-42-27-54(9,70-16)49(34(7)72-42)74-41(60)20-21-56-22-23-77-35-18-19-38-36(25-35)44(62)37(50(65)66)28-59(38)58(13)14/h18-19,25,28-34,39-40,42,45-49,52,56,63-64,68H,17,20-24,26-27H2,1-16H3,(H,65,66)/t29-,30-,31+,32+,33-,34+,39+,40-,42+,45-,46+,47-,48-,49+,52+,53-,54-,55-/m1/s1. The lowest BCUT2D eigenvalue weighted by Gasteiger charge is -2.50. The highest BCUT2D eigenvalue weighted by atomic mass is 32.2. The average Bonchev–Trinajstić information content (AvgIpc) is 3.37. The van der Waals surface area contributed by atoms with Gasteiger partial charge in [0.15, 0.2) is 18.7 Å². The third-order valence-electron chi connectivity index (χ3n) is 16.2. The van der Waals surface area contributed by atoms with E-state index in [9.17, 15) is 44.4 Å². The van der Waals surface area contributed by atoms with Gasteiger partial charge in [-0.2, -0.15) is 0 Å². The molecular formula is C55H88N4O17S. The number of benzene rings is 1. The highest BCUT2D eigenvalue weighted by molar-refractivity contribution is 7.99. The number of cyclic esters (lactones) is 1. The molecule has 5 N–H and O–H groups in total. The molecule has 0 spiro atoms. The molecular weight excluding hydrogens is 1020 g/mol. The van der Waals surface area contributed by atoms with Crippen LogP contribution in [0.4, 0.5) is 0 Å². The van der Waals surface area contributed by atoms with Crippen molar-refractivity contribution < 1.29 is 77.5 Å². The van der Waals surface area contributed by atoms with Crippen LogP contribution >= 0.6 is 11.8 Å². The number of hydrogen-bond donors (Lipinski definition) is 5. The fraction of sp³-hybridized carbons (Fsp3) is 0.764. The van der Waals surface area contributed by atoms with Crippen LogP contribution in [0.5, 0.6) is 0 Å². The zero-order valence-electron chi connectivity index (χ0n) is 48.0. The second-order valence-corrected chi connectivity index (χ2v) is 23.7. The number of fused-ring (bicyclic) bond motifs is 1. The van der Waals surface area contributed by atoms with Gasteiger partial charge >= 0.3 is 17.9 Å².